The molecule has 1 aromatic rings. The van der Waals surface area contributed by atoms with Gasteiger partial charge in [0.25, 0.3) is 0 Å². The molecule has 0 radical (unpaired) electrons. The van der Waals surface area contributed by atoms with Crippen molar-refractivity contribution in [3.05, 3.63) is 11.9 Å². The van der Waals surface area contributed by atoms with Crippen LogP contribution in [0.1, 0.15) is 5.69 Å². The molecule has 1 amide bonds. The summed E-state index contributed by atoms with van der Waals surface area (Å²) >= 11 is 0. The molecule has 0 aromatic carbocycles. The molecule has 7 nitrogen and oxygen atoms in total. The van der Waals surface area contributed by atoms with Crippen molar-refractivity contribution in [1.29, 1.82) is 0 Å². The van der Waals surface area contributed by atoms with Gasteiger partial charge in [-0.05, 0) is 6.92 Å². The maximum absolute atomic E-state index is 11.5. The van der Waals surface area contributed by atoms with Crippen LogP contribution in [-0.4, -0.2) is 48.0 Å². The summed E-state index contributed by atoms with van der Waals surface area (Å²) in [6.07, 6.45) is 1.17. The van der Waals surface area contributed by atoms with Gasteiger partial charge in [0, 0.05) is 14.2 Å². The number of rotatable bonds is 6. The van der Waals surface area contributed by atoms with Crippen molar-refractivity contribution in [2.24, 2.45) is 0 Å². The maximum Gasteiger partial charge on any atom is 0.241 e. The zero-order valence-electron chi connectivity index (χ0n) is 9.64. The van der Waals surface area contributed by atoms with E-state index in [2.05, 4.69) is 15.6 Å². The monoisotopic (exact) mass is 228 g/mol. The topological polar surface area (TPSA) is 78.3 Å². The fourth-order valence-corrected chi connectivity index (χ4v) is 1.12. The van der Waals surface area contributed by atoms with Gasteiger partial charge in [-0.15, -0.1) is 5.10 Å². The number of nitrogens with one attached hydrogen (secondary N) is 1. The molecule has 1 heterocycles. The Hall–Kier alpha value is -1.47. The lowest BCUT2D eigenvalue weighted by Crippen LogP contribution is -2.36. The van der Waals surface area contributed by atoms with Gasteiger partial charge in [-0.2, -0.15) is 0 Å². The number of aryl methyl sites for hydroxylation is 1. The van der Waals surface area contributed by atoms with E-state index in [-0.39, 0.29) is 12.5 Å². The number of carbonyl (C=O) groups is 1. The van der Waals surface area contributed by atoms with Crippen LogP contribution in [0, 0.1) is 6.92 Å². The number of aromatic nitrogens is 3. The van der Waals surface area contributed by atoms with E-state index >= 15 is 0 Å². The number of methoxy groups -OCH3 is 2. The molecule has 0 saturated heterocycles. The Morgan fingerprint density at radius 3 is 2.75 bits per heavy atom. The quantitative estimate of drug-likeness (QED) is 0.653. The Morgan fingerprint density at radius 1 is 1.56 bits per heavy atom. The van der Waals surface area contributed by atoms with Gasteiger partial charge < -0.3 is 14.8 Å². The molecule has 0 aliphatic carbocycles. The average molecular weight is 228 g/mol. The molecule has 0 atom stereocenters. The van der Waals surface area contributed by atoms with E-state index in [0.29, 0.717) is 6.54 Å². The highest BCUT2D eigenvalue weighted by molar-refractivity contribution is 5.75. The molecule has 0 saturated carbocycles. The van der Waals surface area contributed by atoms with Crippen molar-refractivity contribution in [3.8, 4) is 0 Å². The first kappa shape index (κ1) is 12.6. The van der Waals surface area contributed by atoms with E-state index in [1.165, 1.54) is 18.9 Å². The number of hydrogen-bond donors (Lipinski definition) is 1. The van der Waals surface area contributed by atoms with Crippen molar-refractivity contribution in [2.75, 3.05) is 20.8 Å². The molecule has 0 bridgehead atoms. The molecule has 0 unspecified atom stereocenters. The fraction of sp³-hybridized carbons (Fsp3) is 0.667. The zero-order valence-corrected chi connectivity index (χ0v) is 9.64. The van der Waals surface area contributed by atoms with Gasteiger partial charge in [0.15, 0.2) is 6.29 Å². The van der Waals surface area contributed by atoms with Crippen LogP contribution in [0.25, 0.3) is 0 Å². The molecule has 0 aliphatic heterocycles. The molecule has 0 aliphatic rings. The SMILES string of the molecule is COC(CNC(=O)Cn1nncc1C)OC. The Bertz CT molecular complexity index is 335. The summed E-state index contributed by atoms with van der Waals surface area (Å²) in [7, 11) is 3.03. The minimum Gasteiger partial charge on any atom is -0.354 e. The van der Waals surface area contributed by atoms with Gasteiger partial charge in [0.1, 0.15) is 6.54 Å². The minimum atomic E-state index is -0.430. The van der Waals surface area contributed by atoms with Crippen LogP contribution in [0.5, 0.6) is 0 Å². The average Bonchev–Trinajstić information content (AvgIpc) is 2.66. The highest BCUT2D eigenvalue weighted by Gasteiger charge is 2.09. The smallest absolute Gasteiger partial charge is 0.241 e. The highest BCUT2D eigenvalue weighted by Crippen LogP contribution is 1.93. The first-order chi connectivity index (χ1) is 7.67. The summed E-state index contributed by atoms with van der Waals surface area (Å²) in [6, 6.07) is 0. The summed E-state index contributed by atoms with van der Waals surface area (Å²) in [6.45, 7) is 2.28. The van der Waals surface area contributed by atoms with Crippen molar-refractivity contribution in [1.82, 2.24) is 20.3 Å². The molecule has 1 aromatic heterocycles. The summed E-state index contributed by atoms with van der Waals surface area (Å²) < 4.78 is 11.4. The molecular weight excluding hydrogens is 212 g/mol. The van der Waals surface area contributed by atoms with Gasteiger partial charge in [-0.1, -0.05) is 5.21 Å². The fourth-order valence-electron chi connectivity index (χ4n) is 1.12. The largest absolute Gasteiger partial charge is 0.354 e. The third-order valence-electron chi connectivity index (χ3n) is 2.10. The van der Waals surface area contributed by atoms with E-state index in [4.69, 9.17) is 9.47 Å². The van der Waals surface area contributed by atoms with Gasteiger partial charge in [0.2, 0.25) is 5.91 Å². The lowest BCUT2D eigenvalue weighted by Gasteiger charge is -2.14. The second kappa shape index (κ2) is 6.19. The predicted molar refractivity (Wildman–Crippen MR) is 55.6 cm³/mol. The maximum atomic E-state index is 11.5. The Kier molecular flexibility index (Phi) is 4.87. The molecular formula is C9H16N4O3. The van der Waals surface area contributed by atoms with Crippen LogP contribution >= 0.6 is 0 Å². The summed E-state index contributed by atoms with van der Waals surface area (Å²) in [5.74, 6) is -0.160. The molecule has 7 heteroatoms. The number of nitrogens with zero attached hydrogens (tertiary/aromatic N) is 3. The van der Waals surface area contributed by atoms with Gasteiger partial charge >= 0.3 is 0 Å². The van der Waals surface area contributed by atoms with E-state index in [1.807, 2.05) is 6.92 Å². The number of amides is 1. The summed E-state index contributed by atoms with van der Waals surface area (Å²) in [4.78, 5) is 11.5. The van der Waals surface area contributed by atoms with E-state index < -0.39 is 6.29 Å². The van der Waals surface area contributed by atoms with Gasteiger partial charge in [-0.25, -0.2) is 4.68 Å². The van der Waals surface area contributed by atoms with E-state index in [1.54, 1.807) is 6.20 Å². The molecule has 90 valence electrons. The van der Waals surface area contributed by atoms with Crippen molar-refractivity contribution >= 4 is 5.91 Å². The zero-order chi connectivity index (χ0) is 12.0. The molecule has 16 heavy (non-hydrogen) atoms. The van der Waals surface area contributed by atoms with Crippen LogP contribution in [0.3, 0.4) is 0 Å². The first-order valence-electron chi connectivity index (χ1n) is 4.84. The number of ether oxygens (including phenoxy) is 2. The predicted octanol–water partition coefficient (Wildman–Crippen LogP) is -0.678. The molecule has 1 rings (SSSR count). The molecule has 0 spiro atoms. The van der Waals surface area contributed by atoms with Crippen molar-refractivity contribution in [2.45, 2.75) is 19.8 Å². The second-order valence-electron chi connectivity index (χ2n) is 3.24. The van der Waals surface area contributed by atoms with E-state index in [0.717, 1.165) is 5.69 Å². The third kappa shape index (κ3) is 3.59. The van der Waals surface area contributed by atoms with Crippen LogP contribution in [-0.2, 0) is 20.8 Å². The van der Waals surface area contributed by atoms with Gasteiger partial charge in [0.05, 0.1) is 18.4 Å². The number of carbonyl (C=O) groups excluding carboxylic acids is 1. The molecule has 1 N–H and O–H groups in total. The van der Waals surface area contributed by atoms with Crippen LogP contribution in [0.2, 0.25) is 0 Å². The Labute approximate surface area is 93.7 Å². The summed E-state index contributed by atoms with van der Waals surface area (Å²) in [5.41, 5.74) is 0.838. The normalized spacial score (nSPS) is 10.8. The van der Waals surface area contributed by atoms with Gasteiger partial charge in [-0.3, -0.25) is 4.79 Å². The number of hydrogen-bond acceptors (Lipinski definition) is 5. The van der Waals surface area contributed by atoms with Crippen molar-refractivity contribution < 1.29 is 14.3 Å². The Balaban J connectivity index is 2.34. The first-order valence-corrected chi connectivity index (χ1v) is 4.84. The highest BCUT2D eigenvalue weighted by atomic mass is 16.7. The van der Waals surface area contributed by atoms with Crippen LogP contribution in [0.15, 0.2) is 6.20 Å². The molecule has 0 fully saturated rings. The Morgan fingerprint density at radius 2 is 2.25 bits per heavy atom. The third-order valence-corrected chi connectivity index (χ3v) is 2.10. The standard InChI is InChI=1S/C9H16N4O3/c1-7-4-11-12-13(7)6-8(14)10-5-9(15-2)16-3/h4,9H,5-6H2,1-3H3,(H,10,14). The lowest BCUT2D eigenvalue weighted by molar-refractivity contribution is -0.128. The van der Waals surface area contributed by atoms with Crippen molar-refractivity contribution in [3.63, 3.8) is 0 Å². The summed E-state index contributed by atoms with van der Waals surface area (Å²) in [5, 5.41) is 10.1. The minimum absolute atomic E-state index is 0.145. The second-order valence-corrected chi connectivity index (χ2v) is 3.24. The lowest BCUT2D eigenvalue weighted by atomic mass is 10.5. The van der Waals surface area contributed by atoms with E-state index in [9.17, 15) is 4.79 Å². The van der Waals surface area contributed by atoms with Crippen LogP contribution in [0.4, 0.5) is 0 Å². The van der Waals surface area contributed by atoms with Crippen LogP contribution < -0.4 is 5.32 Å².